The Morgan fingerprint density at radius 1 is 1.28 bits per heavy atom. The summed E-state index contributed by atoms with van der Waals surface area (Å²) < 4.78 is 15.0. The Morgan fingerprint density at radius 2 is 2.14 bits per heavy atom. The number of halogens is 1. The molecule has 29 heavy (non-hydrogen) atoms. The van der Waals surface area contributed by atoms with Crippen LogP contribution in [-0.2, 0) is 6.42 Å². The molecule has 0 aliphatic rings. The van der Waals surface area contributed by atoms with Crippen molar-refractivity contribution in [1.29, 1.82) is 0 Å². The number of H-pyrrole nitrogens is 1. The van der Waals surface area contributed by atoms with Gasteiger partial charge in [0.2, 0.25) is 0 Å². The van der Waals surface area contributed by atoms with Crippen molar-refractivity contribution in [3.8, 4) is 11.3 Å². The Kier molecular flexibility index (Phi) is 5.07. The predicted octanol–water partition coefficient (Wildman–Crippen LogP) is 3.27. The zero-order valence-corrected chi connectivity index (χ0v) is 16.3. The zero-order valence-electron chi connectivity index (χ0n) is 16.3. The maximum Gasteiger partial charge on any atom is 0.259 e. The molecule has 1 N–H and O–H groups in total. The standard InChI is InChI=1S/C21H21FN6O/c1-14-19(20-23-9-5-11-28(20)26-14)21(29)27(2)10-4-8-17-13-18(25-24-17)15-6-3-7-16(22)12-15/h3,5-7,9,11-13H,4,8,10H2,1-2H3,(H,24,25). The molecule has 3 aromatic heterocycles. The van der Waals surface area contributed by atoms with Crippen LogP contribution in [0.5, 0.6) is 0 Å². The molecule has 4 rings (SSSR count). The summed E-state index contributed by atoms with van der Waals surface area (Å²) in [6.45, 7) is 2.39. The SMILES string of the molecule is Cc1nn2cccnc2c1C(=O)N(C)CCCc1cc(-c2cccc(F)c2)n[nH]1. The zero-order chi connectivity index (χ0) is 20.4. The minimum atomic E-state index is -0.287. The third-order valence-electron chi connectivity index (χ3n) is 4.82. The number of carbonyl (C=O) groups is 1. The van der Waals surface area contributed by atoms with E-state index in [4.69, 9.17) is 0 Å². The van der Waals surface area contributed by atoms with Gasteiger partial charge in [-0.25, -0.2) is 13.9 Å². The number of benzene rings is 1. The van der Waals surface area contributed by atoms with Gasteiger partial charge in [0.05, 0.1) is 11.4 Å². The Bertz CT molecular complexity index is 1160. The van der Waals surface area contributed by atoms with Crippen LogP contribution in [-0.4, -0.2) is 49.2 Å². The lowest BCUT2D eigenvalue weighted by molar-refractivity contribution is 0.0794. The molecule has 7 nitrogen and oxygen atoms in total. The highest BCUT2D eigenvalue weighted by Crippen LogP contribution is 2.19. The largest absolute Gasteiger partial charge is 0.342 e. The molecule has 8 heteroatoms. The van der Waals surface area contributed by atoms with Gasteiger partial charge in [0.15, 0.2) is 5.65 Å². The molecule has 0 saturated heterocycles. The maximum atomic E-state index is 13.4. The van der Waals surface area contributed by atoms with E-state index < -0.39 is 0 Å². The average molecular weight is 392 g/mol. The molecule has 0 bridgehead atoms. The highest BCUT2D eigenvalue weighted by Gasteiger charge is 2.21. The van der Waals surface area contributed by atoms with Crippen molar-refractivity contribution in [3.05, 3.63) is 71.6 Å². The molecule has 0 saturated carbocycles. The van der Waals surface area contributed by atoms with Gasteiger partial charge in [-0.3, -0.25) is 9.89 Å². The van der Waals surface area contributed by atoms with Crippen LogP contribution in [0.3, 0.4) is 0 Å². The minimum Gasteiger partial charge on any atom is -0.342 e. The summed E-state index contributed by atoms with van der Waals surface area (Å²) in [6.07, 6.45) is 4.92. The Morgan fingerprint density at radius 3 is 2.97 bits per heavy atom. The van der Waals surface area contributed by atoms with Crippen molar-refractivity contribution >= 4 is 11.6 Å². The number of aromatic nitrogens is 5. The molecule has 0 radical (unpaired) electrons. The molecule has 148 valence electrons. The second-order valence-electron chi connectivity index (χ2n) is 6.97. The maximum absolute atomic E-state index is 13.4. The number of nitrogens with zero attached hydrogens (tertiary/aromatic N) is 5. The van der Waals surface area contributed by atoms with E-state index in [9.17, 15) is 9.18 Å². The summed E-state index contributed by atoms with van der Waals surface area (Å²) >= 11 is 0. The van der Waals surface area contributed by atoms with E-state index >= 15 is 0 Å². The van der Waals surface area contributed by atoms with Crippen molar-refractivity contribution in [2.24, 2.45) is 0 Å². The van der Waals surface area contributed by atoms with Gasteiger partial charge in [-0.1, -0.05) is 12.1 Å². The first-order valence-corrected chi connectivity index (χ1v) is 9.38. The fourth-order valence-corrected chi connectivity index (χ4v) is 3.33. The first kappa shape index (κ1) is 18.8. The molecule has 3 heterocycles. The molecule has 0 aliphatic carbocycles. The number of hydrogen-bond acceptors (Lipinski definition) is 4. The van der Waals surface area contributed by atoms with Crippen LogP contribution < -0.4 is 0 Å². The van der Waals surface area contributed by atoms with Crippen LogP contribution in [0.4, 0.5) is 4.39 Å². The minimum absolute atomic E-state index is 0.0961. The van der Waals surface area contributed by atoms with Gasteiger partial charge in [0.1, 0.15) is 11.4 Å². The third kappa shape index (κ3) is 3.87. The molecule has 4 aromatic rings. The van der Waals surface area contributed by atoms with E-state index in [0.29, 0.717) is 29.1 Å². The summed E-state index contributed by atoms with van der Waals surface area (Å²) in [5.74, 6) is -0.383. The third-order valence-corrected chi connectivity index (χ3v) is 4.82. The Hall–Kier alpha value is -3.55. The topological polar surface area (TPSA) is 79.2 Å². The van der Waals surface area contributed by atoms with Crippen LogP contribution in [0.2, 0.25) is 0 Å². The summed E-state index contributed by atoms with van der Waals surface area (Å²) in [4.78, 5) is 18.8. The van der Waals surface area contributed by atoms with E-state index in [2.05, 4.69) is 20.3 Å². The fourth-order valence-electron chi connectivity index (χ4n) is 3.33. The molecule has 1 aromatic carbocycles. The van der Waals surface area contributed by atoms with Crippen LogP contribution in [0.25, 0.3) is 16.9 Å². The summed E-state index contributed by atoms with van der Waals surface area (Å²) in [7, 11) is 1.78. The van der Waals surface area contributed by atoms with E-state index in [0.717, 1.165) is 24.1 Å². The number of rotatable bonds is 6. The number of nitrogens with one attached hydrogen (secondary N) is 1. The quantitative estimate of drug-likeness (QED) is 0.546. The van der Waals surface area contributed by atoms with Crippen molar-refractivity contribution in [1.82, 2.24) is 29.7 Å². The first-order valence-electron chi connectivity index (χ1n) is 9.38. The number of amides is 1. The van der Waals surface area contributed by atoms with Crippen molar-refractivity contribution in [3.63, 3.8) is 0 Å². The number of carbonyl (C=O) groups excluding carboxylic acids is 1. The number of aromatic amines is 1. The Labute approximate surface area is 167 Å². The normalized spacial score (nSPS) is 11.1. The second kappa shape index (κ2) is 7.83. The number of fused-ring (bicyclic) bond motifs is 1. The van der Waals surface area contributed by atoms with Crippen molar-refractivity contribution in [2.75, 3.05) is 13.6 Å². The average Bonchev–Trinajstić information content (AvgIpc) is 3.31. The Balaban J connectivity index is 1.38. The molecule has 0 spiro atoms. The molecule has 1 amide bonds. The van der Waals surface area contributed by atoms with Gasteiger partial charge in [-0.2, -0.15) is 10.2 Å². The van der Waals surface area contributed by atoms with Gasteiger partial charge in [0, 0.05) is 37.2 Å². The predicted molar refractivity (Wildman–Crippen MR) is 107 cm³/mol. The molecule has 0 fully saturated rings. The molecular weight excluding hydrogens is 371 g/mol. The van der Waals surface area contributed by atoms with Gasteiger partial charge in [-0.15, -0.1) is 0 Å². The van der Waals surface area contributed by atoms with E-state index in [1.165, 1.54) is 12.1 Å². The summed E-state index contributed by atoms with van der Waals surface area (Å²) in [5.41, 5.74) is 4.14. The summed E-state index contributed by atoms with van der Waals surface area (Å²) in [6, 6.07) is 10.0. The van der Waals surface area contributed by atoms with Crippen LogP contribution >= 0.6 is 0 Å². The van der Waals surface area contributed by atoms with Gasteiger partial charge in [-0.05, 0) is 44.0 Å². The van der Waals surface area contributed by atoms with Gasteiger partial charge < -0.3 is 4.90 Å². The van der Waals surface area contributed by atoms with E-state index in [1.54, 1.807) is 41.0 Å². The molecular formula is C21H21FN6O. The van der Waals surface area contributed by atoms with Crippen LogP contribution in [0, 0.1) is 12.7 Å². The molecule has 0 unspecified atom stereocenters. The van der Waals surface area contributed by atoms with Crippen molar-refractivity contribution < 1.29 is 9.18 Å². The van der Waals surface area contributed by atoms with E-state index in [1.807, 2.05) is 19.1 Å². The van der Waals surface area contributed by atoms with Crippen LogP contribution in [0.15, 0.2) is 48.8 Å². The van der Waals surface area contributed by atoms with Gasteiger partial charge >= 0.3 is 0 Å². The number of aryl methyl sites for hydroxylation is 2. The van der Waals surface area contributed by atoms with Crippen LogP contribution in [0.1, 0.15) is 28.2 Å². The van der Waals surface area contributed by atoms with Gasteiger partial charge in [0.25, 0.3) is 5.91 Å². The molecule has 0 aliphatic heterocycles. The van der Waals surface area contributed by atoms with Crippen molar-refractivity contribution in [2.45, 2.75) is 19.8 Å². The van der Waals surface area contributed by atoms with E-state index in [-0.39, 0.29) is 11.7 Å². The lowest BCUT2D eigenvalue weighted by atomic mass is 10.1. The smallest absolute Gasteiger partial charge is 0.259 e. The fraction of sp³-hybridized carbons (Fsp3) is 0.238. The lowest BCUT2D eigenvalue weighted by Gasteiger charge is -2.16. The monoisotopic (exact) mass is 392 g/mol. The highest BCUT2D eigenvalue weighted by atomic mass is 19.1. The number of hydrogen-bond donors (Lipinski definition) is 1. The second-order valence-corrected chi connectivity index (χ2v) is 6.97. The first-order chi connectivity index (χ1) is 14.0. The molecule has 0 atom stereocenters. The highest BCUT2D eigenvalue weighted by molar-refractivity contribution is 6.00. The lowest BCUT2D eigenvalue weighted by Crippen LogP contribution is -2.28. The summed E-state index contributed by atoms with van der Waals surface area (Å²) in [5, 5.41) is 11.6.